The molecule has 0 aromatic heterocycles. The topological polar surface area (TPSA) is 40.5 Å². The lowest BCUT2D eigenvalue weighted by Gasteiger charge is -2.27. The minimum atomic E-state index is -0.775. The Morgan fingerprint density at radius 2 is 1.41 bits per heavy atom. The van der Waals surface area contributed by atoms with Crippen molar-refractivity contribution in [2.45, 2.75) is 63.2 Å². The van der Waals surface area contributed by atoms with Crippen molar-refractivity contribution in [1.29, 1.82) is 0 Å². The van der Waals surface area contributed by atoms with Gasteiger partial charge in [0.25, 0.3) is 0 Å². The number of thioether (sulfide) groups is 1. The summed E-state index contributed by atoms with van der Waals surface area (Å²) in [5, 5.41) is 21.5. The lowest BCUT2D eigenvalue weighted by molar-refractivity contribution is 0.198. The number of aromatic hydroxyl groups is 1. The first-order chi connectivity index (χ1) is 15.1. The van der Waals surface area contributed by atoms with Gasteiger partial charge in [0.15, 0.2) is 0 Å². The second kappa shape index (κ2) is 10.1. The van der Waals surface area contributed by atoms with Crippen molar-refractivity contribution < 1.29 is 19.0 Å². The molecule has 3 aromatic carbocycles. The van der Waals surface area contributed by atoms with Crippen LogP contribution in [0.2, 0.25) is 0 Å². The first-order valence-electron chi connectivity index (χ1n) is 10.8. The maximum Gasteiger partial charge on any atom is 0.126 e. The fourth-order valence-corrected chi connectivity index (χ4v) is 5.04. The summed E-state index contributed by atoms with van der Waals surface area (Å²) in [5.41, 5.74) is 5.12. The fraction of sp³-hybridized carbons (Fsp3) is 0.333. The van der Waals surface area contributed by atoms with E-state index in [1.807, 2.05) is 0 Å². The van der Waals surface area contributed by atoms with E-state index >= 15 is 0 Å². The number of phenolic OH excluding ortho intramolecular Hbond substituents is 1. The molecule has 0 spiro atoms. The highest BCUT2D eigenvalue weighted by molar-refractivity contribution is 7.98. The smallest absolute Gasteiger partial charge is 0.126 e. The first kappa shape index (κ1) is 24.3. The highest BCUT2D eigenvalue weighted by Crippen LogP contribution is 2.45. The van der Waals surface area contributed by atoms with Crippen molar-refractivity contribution >= 4 is 11.8 Å². The number of aliphatic hydroxyl groups is 1. The molecule has 3 rings (SSSR count). The Bertz CT molecular complexity index is 1090. The van der Waals surface area contributed by atoms with Crippen LogP contribution in [-0.2, 0) is 5.75 Å². The van der Waals surface area contributed by atoms with E-state index in [9.17, 15) is 19.0 Å². The number of halogens is 2. The Morgan fingerprint density at radius 1 is 0.812 bits per heavy atom. The van der Waals surface area contributed by atoms with Crippen LogP contribution in [0.15, 0.2) is 53.4 Å². The van der Waals surface area contributed by atoms with Crippen LogP contribution in [0.25, 0.3) is 11.1 Å². The molecule has 3 aromatic rings. The number of hydrogen-bond acceptors (Lipinski definition) is 3. The molecule has 1 atom stereocenters. The zero-order valence-electron chi connectivity index (χ0n) is 19.1. The maximum atomic E-state index is 13.8. The second-order valence-corrected chi connectivity index (χ2v) is 9.76. The normalized spacial score (nSPS) is 12.6. The van der Waals surface area contributed by atoms with E-state index in [2.05, 4.69) is 33.8 Å². The van der Waals surface area contributed by atoms with Crippen LogP contribution < -0.4 is 0 Å². The summed E-state index contributed by atoms with van der Waals surface area (Å²) in [6.45, 7) is 10.1. The Kier molecular flexibility index (Phi) is 7.63. The summed E-state index contributed by atoms with van der Waals surface area (Å²) < 4.78 is 27.1. The van der Waals surface area contributed by atoms with Crippen LogP contribution in [0, 0.1) is 11.6 Å². The van der Waals surface area contributed by atoms with E-state index in [0.29, 0.717) is 11.3 Å². The van der Waals surface area contributed by atoms with Gasteiger partial charge in [0.1, 0.15) is 17.4 Å². The molecule has 2 N–H and O–H groups in total. The Hall–Kier alpha value is -2.37. The predicted molar refractivity (Wildman–Crippen MR) is 128 cm³/mol. The highest BCUT2D eigenvalue weighted by atomic mass is 32.2. The van der Waals surface area contributed by atoms with Gasteiger partial charge < -0.3 is 10.2 Å². The van der Waals surface area contributed by atoms with Crippen LogP contribution in [0.5, 0.6) is 5.75 Å². The van der Waals surface area contributed by atoms with Crippen molar-refractivity contribution in [3.8, 4) is 16.9 Å². The van der Waals surface area contributed by atoms with Crippen molar-refractivity contribution in [1.82, 2.24) is 0 Å². The van der Waals surface area contributed by atoms with Crippen molar-refractivity contribution in [2.24, 2.45) is 0 Å². The Morgan fingerprint density at radius 3 is 1.94 bits per heavy atom. The molecule has 0 amide bonds. The molecule has 0 radical (unpaired) electrons. The molecule has 0 bridgehead atoms. The monoisotopic (exact) mass is 456 g/mol. The average Bonchev–Trinajstić information content (AvgIpc) is 2.72. The van der Waals surface area contributed by atoms with Crippen LogP contribution in [0.1, 0.15) is 74.8 Å². The van der Waals surface area contributed by atoms with Gasteiger partial charge in [-0.3, -0.25) is 0 Å². The lowest BCUT2D eigenvalue weighted by atomic mass is 9.80. The summed E-state index contributed by atoms with van der Waals surface area (Å²) >= 11 is 1.56. The third-order valence-electron chi connectivity index (χ3n) is 5.63. The van der Waals surface area contributed by atoms with Gasteiger partial charge in [-0.2, -0.15) is 0 Å². The molecule has 0 aliphatic carbocycles. The predicted octanol–water partition coefficient (Wildman–Crippen LogP) is 7.93. The zero-order valence-corrected chi connectivity index (χ0v) is 19.9. The Balaban J connectivity index is 2.30. The number of phenols is 1. The number of benzene rings is 3. The van der Waals surface area contributed by atoms with Gasteiger partial charge in [0.2, 0.25) is 0 Å². The van der Waals surface area contributed by atoms with Crippen molar-refractivity contribution in [2.75, 3.05) is 0 Å². The highest BCUT2D eigenvalue weighted by Gasteiger charge is 2.26. The zero-order chi connectivity index (χ0) is 23.6. The summed E-state index contributed by atoms with van der Waals surface area (Å²) in [6.07, 6.45) is -0.775. The molecule has 0 heterocycles. The van der Waals surface area contributed by atoms with E-state index in [4.69, 9.17) is 0 Å². The molecule has 1 unspecified atom stereocenters. The van der Waals surface area contributed by atoms with Crippen LogP contribution >= 0.6 is 11.8 Å². The van der Waals surface area contributed by atoms with E-state index in [-0.39, 0.29) is 23.4 Å². The summed E-state index contributed by atoms with van der Waals surface area (Å²) in [6, 6.07) is 12.5. The molecule has 32 heavy (non-hydrogen) atoms. The molecule has 0 aliphatic heterocycles. The average molecular weight is 457 g/mol. The quantitative estimate of drug-likeness (QED) is 0.355. The van der Waals surface area contributed by atoms with Crippen LogP contribution in [-0.4, -0.2) is 10.2 Å². The number of hydrogen-bond donors (Lipinski definition) is 2. The summed E-state index contributed by atoms with van der Waals surface area (Å²) in [7, 11) is 0. The first-order valence-corrected chi connectivity index (χ1v) is 11.8. The van der Waals surface area contributed by atoms with E-state index in [0.717, 1.165) is 38.8 Å². The van der Waals surface area contributed by atoms with Gasteiger partial charge in [-0.25, -0.2) is 8.78 Å². The van der Waals surface area contributed by atoms with E-state index in [1.165, 1.54) is 18.2 Å². The van der Waals surface area contributed by atoms with Crippen LogP contribution in [0.4, 0.5) is 8.78 Å². The maximum absolute atomic E-state index is 13.8. The molecule has 0 saturated heterocycles. The molecule has 0 aliphatic rings. The van der Waals surface area contributed by atoms with Crippen molar-refractivity contribution in [3.63, 3.8) is 0 Å². The minimum Gasteiger partial charge on any atom is -0.507 e. The Labute approximate surface area is 193 Å². The molecular formula is C27H30F2O2S. The van der Waals surface area contributed by atoms with Gasteiger partial charge in [0, 0.05) is 22.3 Å². The molecule has 0 saturated carbocycles. The largest absolute Gasteiger partial charge is 0.507 e. The third-order valence-corrected chi connectivity index (χ3v) is 6.67. The second-order valence-electron chi connectivity index (χ2n) is 8.71. The fourth-order valence-electron chi connectivity index (χ4n) is 4.09. The van der Waals surface area contributed by atoms with E-state index in [1.54, 1.807) is 36.9 Å². The van der Waals surface area contributed by atoms with Gasteiger partial charge in [0.05, 0.1) is 6.10 Å². The van der Waals surface area contributed by atoms with Gasteiger partial charge in [-0.1, -0.05) is 33.8 Å². The van der Waals surface area contributed by atoms with Crippen LogP contribution in [0.3, 0.4) is 0 Å². The molecule has 0 fully saturated rings. The molecular weight excluding hydrogens is 426 g/mol. The van der Waals surface area contributed by atoms with Crippen molar-refractivity contribution in [3.05, 3.63) is 82.4 Å². The summed E-state index contributed by atoms with van der Waals surface area (Å²) in [5.74, 6) is -0.0554. The van der Waals surface area contributed by atoms with E-state index < -0.39 is 11.9 Å². The third kappa shape index (κ3) is 5.16. The molecule has 170 valence electrons. The standard InChI is InChI=1S/C27H30F2O2S/c1-15(2)22-13-23(16(3)4)26(17(5)30)27(21-11-8-19(29)12-25(21)31)24(22)14-32-20-9-6-18(28)7-10-20/h6-13,15-17,30-31H,14H2,1-5H3. The van der Waals surface area contributed by atoms with Gasteiger partial charge in [-0.05, 0) is 83.0 Å². The minimum absolute atomic E-state index is 0.150. The number of rotatable bonds is 7. The SMILES string of the molecule is CC(C)c1cc(C(C)C)c(C(C)O)c(-c2ccc(F)cc2O)c1CSc1ccc(F)cc1. The molecule has 2 nitrogen and oxygen atoms in total. The molecule has 5 heteroatoms. The summed E-state index contributed by atoms with van der Waals surface area (Å²) in [4.78, 5) is 0.918. The lowest BCUT2D eigenvalue weighted by Crippen LogP contribution is -2.10. The van der Waals surface area contributed by atoms with Gasteiger partial charge >= 0.3 is 0 Å². The number of aliphatic hydroxyl groups excluding tert-OH is 1. The van der Waals surface area contributed by atoms with Gasteiger partial charge in [-0.15, -0.1) is 11.8 Å².